The predicted octanol–water partition coefficient (Wildman–Crippen LogP) is 6.05. The molecular weight excluding hydrogens is 532 g/mol. The maximum atomic E-state index is 13.1. The van der Waals surface area contributed by atoms with Gasteiger partial charge in [0.1, 0.15) is 18.2 Å². The molecule has 8 heteroatoms. The first-order chi connectivity index (χ1) is 20.2. The van der Waals surface area contributed by atoms with Crippen LogP contribution >= 0.6 is 0 Å². The number of aromatic nitrogens is 1. The molecule has 1 aliphatic carbocycles. The first kappa shape index (κ1) is 28.5. The molecule has 214 valence electrons. The quantitative estimate of drug-likeness (QED) is 0.167. The van der Waals surface area contributed by atoms with Crippen LogP contribution in [-0.2, 0) is 25.4 Å². The van der Waals surface area contributed by atoms with Gasteiger partial charge in [0.2, 0.25) is 0 Å². The van der Waals surface area contributed by atoms with E-state index in [-0.39, 0.29) is 25.6 Å². The number of hydrogen-bond donors (Lipinski definition) is 1. The summed E-state index contributed by atoms with van der Waals surface area (Å²) in [4.78, 5) is 39.0. The molecule has 0 saturated heterocycles. The molecule has 1 aromatic heterocycles. The second-order valence-electron chi connectivity index (χ2n) is 11.1. The Bertz CT molecular complexity index is 1640. The number of rotatable bonds is 7. The number of nitrogens with zero attached hydrogens (tertiary/aromatic N) is 1. The Hall–Kier alpha value is -5.03. The lowest BCUT2D eigenvalue weighted by Gasteiger charge is -2.20. The number of fused-ring (bicyclic) bond motifs is 4. The van der Waals surface area contributed by atoms with Crippen LogP contribution in [0.15, 0.2) is 79.0 Å². The van der Waals surface area contributed by atoms with Crippen LogP contribution in [0.5, 0.6) is 0 Å². The SMILES string of the molecule is C#CCOC(=O)[C@H](Cc1cn(C(=O)OC(C)(C)C)c2ccccc12)NC(=O)OCC1c2ccccc2-c2ccccc21. The Kier molecular flexibility index (Phi) is 8.03. The molecule has 1 amide bonds. The third-order valence-electron chi connectivity index (χ3n) is 7.03. The Morgan fingerprint density at radius 2 is 1.55 bits per heavy atom. The monoisotopic (exact) mass is 564 g/mol. The Morgan fingerprint density at radius 3 is 2.19 bits per heavy atom. The smallest absolute Gasteiger partial charge is 0.419 e. The molecule has 0 radical (unpaired) electrons. The van der Waals surface area contributed by atoms with Crippen LogP contribution in [0, 0.1) is 12.3 Å². The number of para-hydroxylation sites is 1. The summed E-state index contributed by atoms with van der Waals surface area (Å²) in [5.41, 5.74) is 4.92. The molecule has 5 rings (SSSR count). The Morgan fingerprint density at radius 1 is 0.929 bits per heavy atom. The molecule has 0 fully saturated rings. The second kappa shape index (κ2) is 11.8. The molecule has 0 spiro atoms. The van der Waals surface area contributed by atoms with E-state index in [2.05, 4.69) is 23.4 Å². The fourth-order valence-electron chi connectivity index (χ4n) is 5.28. The Labute approximate surface area is 244 Å². The molecule has 8 nitrogen and oxygen atoms in total. The molecule has 1 atom stereocenters. The molecule has 4 aromatic rings. The second-order valence-corrected chi connectivity index (χ2v) is 11.1. The van der Waals surface area contributed by atoms with E-state index >= 15 is 0 Å². The zero-order chi connectivity index (χ0) is 29.9. The van der Waals surface area contributed by atoms with Crippen molar-refractivity contribution in [3.05, 3.63) is 95.7 Å². The van der Waals surface area contributed by atoms with Crippen LogP contribution in [0.2, 0.25) is 0 Å². The highest BCUT2D eigenvalue weighted by molar-refractivity contribution is 5.93. The van der Waals surface area contributed by atoms with Crippen molar-refractivity contribution >= 4 is 29.1 Å². The number of hydrogen-bond acceptors (Lipinski definition) is 6. The minimum Gasteiger partial charge on any atom is -0.451 e. The van der Waals surface area contributed by atoms with Crippen molar-refractivity contribution in [2.45, 2.75) is 44.8 Å². The molecule has 42 heavy (non-hydrogen) atoms. The van der Waals surface area contributed by atoms with Gasteiger partial charge in [0.25, 0.3) is 0 Å². The van der Waals surface area contributed by atoms with Gasteiger partial charge in [-0.1, -0.05) is 72.7 Å². The van der Waals surface area contributed by atoms with Gasteiger partial charge in [-0.15, -0.1) is 6.42 Å². The summed E-state index contributed by atoms with van der Waals surface area (Å²) in [5, 5.41) is 3.39. The number of terminal acetylenes is 1. The van der Waals surface area contributed by atoms with Crippen LogP contribution in [0.3, 0.4) is 0 Å². The van der Waals surface area contributed by atoms with Crippen molar-refractivity contribution in [1.82, 2.24) is 9.88 Å². The van der Waals surface area contributed by atoms with E-state index in [1.54, 1.807) is 39.1 Å². The number of esters is 1. The summed E-state index contributed by atoms with van der Waals surface area (Å²) in [6.45, 7) is 5.19. The van der Waals surface area contributed by atoms with Crippen molar-refractivity contribution in [2.75, 3.05) is 13.2 Å². The van der Waals surface area contributed by atoms with Crippen LogP contribution in [-0.4, -0.2) is 47.6 Å². The fourth-order valence-corrected chi connectivity index (χ4v) is 5.28. The van der Waals surface area contributed by atoms with Gasteiger partial charge in [0.15, 0.2) is 6.61 Å². The number of ether oxygens (including phenoxy) is 3. The molecule has 3 aromatic carbocycles. The van der Waals surface area contributed by atoms with E-state index in [9.17, 15) is 14.4 Å². The molecule has 0 aliphatic heterocycles. The van der Waals surface area contributed by atoms with E-state index < -0.39 is 29.8 Å². The topological polar surface area (TPSA) is 95.9 Å². The highest BCUT2D eigenvalue weighted by Gasteiger charge is 2.31. The number of benzene rings is 3. The van der Waals surface area contributed by atoms with Crippen LogP contribution in [0.1, 0.15) is 43.4 Å². The van der Waals surface area contributed by atoms with Crippen molar-refractivity contribution in [2.24, 2.45) is 0 Å². The van der Waals surface area contributed by atoms with Gasteiger partial charge in [0.05, 0.1) is 5.52 Å². The molecular formula is C34H32N2O6. The average molecular weight is 565 g/mol. The van der Waals surface area contributed by atoms with Gasteiger partial charge >= 0.3 is 18.2 Å². The number of carbonyl (C=O) groups is 3. The van der Waals surface area contributed by atoms with Gasteiger partial charge in [-0.3, -0.25) is 4.57 Å². The molecule has 0 saturated carbocycles. The average Bonchev–Trinajstić information content (AvgIpc) is 3.49. The summed E-state index contributed by atoms with van der Waals surface area (Å²) >= 11 is 0. The van der Waals surface area contributed by atoms with Gasteiger partial charge in [-0.25, -0.2) is 14.4 Å². The molecule has 1 N–H and O–H groups in total. The maximum absolute atomic E-state index is 13.1. The summed E-state index contributed by atoms with van der Waals surface area (Å²) < 4.78 is 17.8. The van der Waals surface area contributed by atoms with Crippen molar-refractivity contribution in [1.29, 1.82) is 0 Å². The van der Waals surface area contributed by atoms with Crippen LogP contribution in [0.25, 0.3) is 22.0 Å². The maximum Gasteiger partial charge on any atom is 0.419 e. The van der Waals surface area contributed by atoms with Gasteiger partial charge in [-0.05, 0) is 54.7 Å². The zero-order valence-corrected chi connectivity index (χ0v) is 23.8. The third kappa shape index (κ3) is 6.01. The minimum atomic E-state index is -1.12. The molecule has 1 heterocycles. The standard InChI is InChI=1S/C34H32N2O6/c1-5-18-40-31(37)29(19-22-20-36(33(39)42-34(2,3)4)30-17-11-10-12-23(22)30)35-32(38)41-21-28-26-15-8-6-13-24(26)25-14-7-9-16-27(25)28/h1,6-17,20,28-29H,18-19,21H2,2-4H3,(H,35,38)/t29-/m0/s1. The minimum absolute atomic E-state index is 0.0317. The van der Waals surface area contributed by atoms with Gasteiger partial charge in [-0.2, -0.15) is 0 Å². The normalized spacial score (nSPS) is 13.0. The molecule has 0 bridgehead atoms. The molecule has 1 aliphatic rings. The first-order valence-corrected chi connectivity index (χ1v) is 13.7. The number of carbonyl (C=O) groups excluding carboxylic acids is 3. The summed E-state index contributed by atoms with van der Waals surface area (Å²) in [6, 6.07) is 22.2. The van der Waals surface area contributed by atoms with E-state index in [1.165, 1.54) is 4.57 Å². The Balaban J connectivity index is 1.35. The van der Waals surface area contributed by atoms with E-state index in [1.807, 2.05) is 48.5 Å². The lowest BCUT2D eigenvalue weighted by atomic mass is 9.98. The first-order valence-electron chi connectivity index (χ1n) is 13.7. The van der Waals surface area contributed by atoms with E-state index in [0.717, 1.165) is 27.6 Å². The highest BCUT2D eigenvalue weighted by atomic mass is 16.6. The zero-order valence-electron chi connectivity index (χ0n) is 23.8. The third-order valence-corrected chi connectivity index (χ3v) is 7.03. The van der Waals surface area contributed by atoms with Crippen molar-refractivity contribution in [3.63, 3.8) is 0 Å². The number of alkyl carbamates (subject to hydrolysis) is 1. The van der Waals surface area contributed by atoms with E-state index in [0.29, 0.717) is 11.1 Å². The van der Waals surface area contributed by atoms with Crippen LogP contribution in [0.4, 0.5) is 9.59 Å². The predicted molar refractivity (Wildman–Crippen MR) is 159 cm³/mol. The van der Waals surface area contributed by atoms with E-state index in [4.69, 9.17) is 20.6 Å². The summed E-state index contributed by atoms with van der Waals surface area (Å²) in [5.74, 6) is 1.42. The van der Waals surface area contributed by atoms with Crippen molar-refractivity contribution in [3.8, 4) is 23.5 Å². The number of amides is 1. The highest BCUT2D eigenvalue weighted by Crippen LogP contribution is 2.44. The lowest BCUT2D eigenvalue weighted by Crippen LogP contribution is -2.44. The van der Waals surface area contributed by atoms with Gasteiger partial charge in [0, 0.05) is 23.9 Å². The number of nitrogens with one attached hydrogen (secondary N) is 1. The lowest BCUT2D eigenvalue weighted by molar-refractivity contribution is -0.144. The molecule has 0 unspecified atom stereocenters. The van der Waals surface area contributed by atoms with Crippen LogP contribution < -0.4 is 5.32 Å². The fraction of sp³-hybridized carbons (Fsp3) is 0.265. The van der Waals surface area contributed by atoms with Crippen molar-refractivity contribution < 1.29 is 28.6 Å². The summed E-state index contributed by atoms with van der Waals surface area (Å²) in [6.07, 6.45) is 5.61. The summed E-state index contributed by atoms with van der Waals surface area (Å²) in [7, 11) is 0. The largest absolute Gasteiger partial charge is 0.451 e. The van der Waals surface area contributed by atoms with Gasteiger partial charge < -0.3 is 19.5 Å².